The van der Waals surface area contributed by atoms with E-state index in [1.165, 1.54) is 7.05 Å². The summed E-state index contributed by atoms with van der Waals surface area (Å²) in [6, 6.07) is 5.77. The maximum absolute atomic E-state index is 12.6. The number of guanidine groups is 1. The van der Waals surface area contributed by atoms with E-state index in [2.05, 4.69) is 15.0 Å². The minimum atomic E-state index is -3.55. The van der Waals surface area contributed by atoms with Gasteiger partial charge in [-0.2, -0.15) is 0 Å². The molecule has 0 saturated carbocycles. The Morgan fingerprint density at radius 1 is 1.28 bits per heavy atom. The molecule has 2 aromatic rings. The molecule has 1 atom stereocenters. The van der Waals surface area contributed by atoms with Crippen LogP contribution in [0.5, 0.6) is 0 Å². The largest absolute Gasteiger partial charge is 0.369 e. The lowest BCUT2D eigenvalue weighted by Crippen LogP contribution is -2.52. The van der Waals surface area contributed by atoms with E-state index in [1.807, 2.05) is 25.1 Å². The van der Waals surface area contributed by atoms with Gasteiger partial charge in [0.2, 0.25) is 21.8 Å². The molecule has 2 heterocycles. The molecule has 1 spiro atoms. The van der Waals surface area contributed by atoms with E-state index in [0.717, 1.165) is 39.4 Å². The molecule has 0 unspecified atom stereocenters. The Morgan fingerprint density at radius 3 is 2.69 bits per heavy atom. The van der Waals surface area contributed by atoms with E-state index in [0.29, 0.717) is 6.42 Å². The van der Waals surface area contributed by atoms with Crippen molar-refractivity contribution in [2.75, 3.05) is 12.8 Å². The highest BCUT2D eigenvalue weighted by Gasteiger charge is 2.45. The first kappa shape index (κ1) is 19.5. The van der Waals surface area contributed by atoms with E-state index in [1.54, 1.807) is 12.4 Å². The fourth-order valence-electron chi connectivity index (χ4n) is 4.02. The van der Waals surface area contributed by atoms with Gasteiger partial charge in [0.15, 0.2) is 5.82 Å². The van der Waals surface area contributed by atoms with Crippen molar-refractivity contribution in [2.45, 2.75) is 38.1 Å². The van der Waals surface area contributed by atoms with Crippen molar-refractivity contribution < 1.29 is 13.2 Å². The van der Waals surface area contributed by atoms with Crippen molar-refractivity contribution in [2.24, 2.45) is 10.7 Å². The van der Waals surface area contributed by atoms with Gasteiger partial charge in [-0.1, -0.05) is 18.2 Å². The van der Waals surface area contributed by atoms with Crippen LogP contribution < -0.4 is 5.73 Å². The Labute approximate surface area is 169 Å². The van der Waals surface area contributed by atoms with Crippen LogP contribution in [0.15, 0.2) is 35.6 Å². The van der Waals surface area contributed by atoms with Gasteiger partial charge in [0.25, 0.3) is 0 Å². The predicted molar refractivity (Wildman–Crippen MR) is 109 cm³/mol. The number of nitrogens with zero attached hydrogens (tertiary/aromatic N) is 4. The lowest BCUT2D eigenvalue weighted by molar-refractivity contribution is 0.0983. The summed E-state index contributed by atoms with van der Waals surface area (Å²) in [5, 5.41) is 0. The molecule has 2 aliphatic rings. The lowest BCUT2D eigenvalue weighted by Gasteiger charge is -2.40. The second-order valence-corrected chi connectivity index (χ2v) is 9.75. The number of aryl methyl sites for hydroxylation is 2. The topological polar surface area (TPSA) is 119 Å². The van der Waals surface area contributed by atoms with E-state index in [9.17, 15) is 13.2 Å². The van der Waals surface area contributed by atoms with Crippen molar-refractivity contribution in [3.05, 3.63) is 58.7 Å². The highest BCUT2D eigenvalue weighted by atomic mass is 32.2. The molecule has 4 rings (SSSR count). The third kappa shape index (κ3) is 3.50. The molecular formula is C20H23N5O3S. The van der Waals surface area contributed by atoms with Gasteiger partial charge in [0.05, 0.1) is 5.75 Å². The Hall–Kier alpha value is -2.81. The summed E-state index contributed by atoms with van der Waals surface area (Å²) in [6.45, 7) is 1.86. The zero-order valence-corrected chi connectivity index (χ0v) is 17.2. The maximum atomic E-state index is 12.6. The van der Waals surface area contributed by atoms with Crippen LogP contribution in [0.3, 0.4) is 0 Å². The van der Waals surface area contributed by atoms with Crippen molar-refractivity contribution in [3.63, 3.8) is 0 Å². The van der Waals surface area contributed by atoms with Gasteiger partial charge in [0.1, 0.15) is 5.54 Å². The highest BCUT2D eigenvalue weighted by molar-refractivity contribution is 7.89. The summed E-state index contributed by atoms with van der Waals surface area (Å²) in [7, 11) is -2.14. The third-order valence-electron chi connectivity index (χ3n) is 5.60. The second kappa shape index (κ2) is 6.91. The van der Waals surface area contributed by atoms with Gasteiger partial charge in [-0.05, 0) is 48.4 Å². The Balaban J connectivity index is 1.71. The number of aliphatic imine (C=N–C) groups is 1. The van der Waals surface area contributed by atoms with Gasteiger partial charge < -0.3 is 5.73 Å². The number of aromatic nitrogens is 2. The average molecular weight is 414 g/mol. The number of nitrogens with two attached hydrogens (primary N) is 1. The number of carbonyl (C=O) groups excluding carboxylic acids is 1. The zero-order chi connectivity index (χ0) is 20.8. The van der Waals surface area contributed by atoms with Crippen molar-refractivity contribution in [3.8, 4) is 0 Å². The normalized spacial score (nSPS) is 22.8. The molecule has 1 aliphatic heterocycles. The van der Waals surface area contributed by atoms with E-state index in [4.69, 9.17) is 5.73 Å². The quantitative estimate of drug-likeness (QED) is 0.759. The molecule has 29 heavy (non-hydrogen) atoms. The molecule has 0 bridgehead atoms. The number of hydrogen-bond acceptors (Lipinski definition) is 7. The van der Waals surface area contributed by atoms with Crippen molar-refractivity contribution >= 4 is 21.8 Å². The summed E-state index contributed by atoms with van der Waals surface area (Å²) in [4.78, 5) is 25.4. The standard InChI is InChI=1S/C20H23N5O3S/c1-13-10-22-18(23-11-13)17(26)9-14-5-6-15-4-3-7-20(16(15)8-14)12-29(27,28)25(2)19(21)24-20/h5-6,8,10-11H,3-4,7,9,12H2,1-2H3,(H2,21,24)/t20-/m0/s1. The van der Waals surface area contributed by atoms with Gasteiger partial charge in [0, 0.05) is 25.9 Å². The number of Topliss-reactive ketones (excluding diaryl/α,β-unsaturated/α-hetero) is 1. The number of benzene rings is 1. The van der Waals surface area contributed by atoms with Crippen molar-refractivity contribution in [1.29, 1.82) is 0 Å². The predicted octanol–water partition coefficient (Wildman–Crippen LogP) is 1.33. The van der Waals surface area contributed by atoms with Crippen molar-refractivity contribution in [1.82, 2.24) is 14.3 Å². The SMILES string of the molecule is Cc1cnc(C(=O)Cc2ccc3c(c2)[C@]2(CCC3)CS(=O)(=O)N(C)C(N)=N2)nc1. The minimum absolute atomic E-state index is 0.00126. The van der Waals surface area contributed by atoms with Crippen LogP contribution >= 0.6 is 0 Å². The van der Waals surface area contributed by atoms with E-state index in [-0.39, 0.29) is 29.7 Å². The highest BCUT2D eigenvalue weighted by Crippen LogP contribution is 2.42. The Kier molecular flexibility index (Phi) is 4.65. The monoisotopic (exact) mass is 413 g/mol. The number of fused-ring (bicyclic) bond motifs is 2. The minimum Gasteiger partial charge on any atom is -0.369 e. The van der Waals surface area contributed by atoms with Crippen LogP contribution in [-0.4, -0.2) is 47.2 Å². The number of rotatable bonds is 3. The molecular weight excluding hydrogens is 390 g/mol. The van der Waals surface area contributed by atoms with E-state index < -0.39 is 15.6 Å². The molecule has 0 amide bonds. The van der Waals surface area contributed by atoms with Crippen LogP contribution in [0, 0.1) is 6.92 Å². The summed E-state index contributed by atoms with van der Waals surface area (Å²) in [5.41, 5.74) is 8.61. The molecule has 0 saturated heterocycles. The number of ketones is 1. The number of carbonyl (C=O) groups is 1. The maximum Gasteiger partial charge on any atom is 0.239 e. The first-order chi connectivity index (χ1) is 13.7. The molecule has 1 aromatic heterocycles. The first-order valence-electron chi connectivity index (χ1n) is 9.46. The molecule has 9 heteroatoms. The summed E-state index contributed by atoms with van der Waals surface area (Å²) in [5.74, 6) is -0.137. The van der Waals surface area contributed by atoms with E-state index >= 15 is 0 Å². The van der Waals surface area contributed by atoms with Crippen LogP contribution in [0.25, 0.3) is 0 Å². The molecule has 1 aromatic carbocycles. The molecule has 152 valence electrons. The lowest BCUT2D eigenvalue weighted by atomic mass is 9.77. The van der Waals surface area contributed by atoms with Gasteiger partial charge in [-0.3, -0.25) is 4.79 Å². The summed E-state index contributed by atoms with van der Waals surface area (Å²) in [6.07, 6.45) is 5.65. The zero-order valence-electron chi connectivity index (χ0n) is 16.4. The third-order valence-corrected chi connectivity index (χ3v) is 7.46. The van der Waals surface area contributed by atoms with Gasteiger partial charge in [-0.25, -0.2) is 27.7 Å². The summed E-state index contributed by atoms with van der Waals surface area (Å²) >= 11 is 0. The molecule has 2 N–H and O–H groups in total. The van der Waals surface area contributed by atoms with Crippen LogP contribution in [0.1, 0.15) is 45.7 Å². The van der Waals surface area contributed by atoms with Crippen LogP contribution in [-0.2, 0) is 28.4 Å². The fourth-order valence-corrected chi connectivity index (χ4v) is 5.51. The molecule has 1 aliphatic carbocycles. The van der Waals surface area contributed by atoms with Gasteiger partial charge in [-0.15, -0.1) is 0 Å². The smallest absolute Gasteiger partial charge is 0.239 e. The Bertz CT molecular complexity index is 1110. The molecule has 0 radical (unpaired) electrons. The van der Waals surface area contributed by atoms with Crippen LogP contribution in [0.2, 0.25) is 0 Å². The average Bonchev–Trinajstić information content (AvgIpc) is 2.67. The Morgan fingerprint density at radius 2 is 2.00 bits per heavy atom. The van der Waals surface area contributed by atoms with Gasteiger partial charge >= 0.3 is 0 Å². The molecule has 8 nitrogen and oxygen atoms in total. The summed E-state index contributed by atoms with van der Waals surface area (Å²) < 4.78 is 26.3. The molecule has 0 fully saturated rings. The van der Waals surface area contributed by atoms with Crippen LogP contribution in [0.4, 0.5) is 0 Å². The number of hydrogen-bond donors (Lipinski definition) is 1. The fraction of sp³-hybridized carbons (Fsp3) is 0.400. The second-order valence-electron chi connectivity index (χ2n) is 7.75. The number of sulfonamides is 1. The first-order valence-corrected chi connectivity index (χ1v) is 11.1.